The number of carbonyl (C=O) groups excluding carboxylic acids is 1. The van der Waals surface area contributed by atoms with E-state index >= 15 is 0 Å². The Kier molecular flexibility index (Phi) is 4.16. The zero-order valence-electron chi connectivity index (χ0n) is 9.35. The van der Waals surface area contributed by atoms with E-state index in [0.29, 0.717) is 18.3 Å². The summed E-state index contributed by atoms with van der Waals surface area (Å²) in [5, 5.41) is 0. The molecule has 0 fully saturated rings. The molecule has 1 amide bonds. The second-order valence-corrected chi connectivity index (χ2v) is 3.94. The van der Waals surface area contributed by atoms with Crippen LogP contribution in [0.5, 0.6) is 0 Å². The fraction of sp³-hybridized carbons (Fsp3) is 0.500. The molecule has 0 saturated heterocycles. The molecule has 88 valence electrons. The minimum Gasteiger partial charge on any atom is -0.368 e. The predicted octanol–water partition coefficient (Wildman–Crippen LogP) is 0.563. The minimum absolute atomic E-state index is 0.0225. The highest BCUT2D eigenvalue weighted by Gasteiger charge is 2.13. The van der Waals surface area contributed by atoms with E-state index in [4.69, 9.17) is 5.73 Å². The van der Waals surface area contributed by atoms with Crippen molar-refractivity contribution in [2.24, 2.45) is 11.7 Å². The van der Waals surface area contributed by atoms with E-state index in [0.717, 1.165) is 6.33 Å². The molecule has 0 saturated carbocycles. The second kappa shape index (κ2) is 5.39. The van der Waals surface area contributed by atoms with Gasteiger partial charge in [-0.2, -0.15) is 4.39 Å². The molecule has 1 heterocycles. The molecule has 1 rings (SSSR count). The smallest absolute Gasteiger partial charge is 0.236 e. The standard InChI is InChI=1S/C10H15FN4O/c1-7(2)4-15(5-9(12)16)10-3-8(11)13-6-14-10/h3,6-7H,4-5H2,1-2H3,(H2,12,16). The van der Waals surface area contributed by atoms with Gasteiger partial charge in [0.15, 0.2) is 0 Å². The number of halogens is 1. The highest BCUT2D eigenvalue weighted by Crippen LogP contribution is 2.12. The molecule has 6 heteroatoms. The van der Waals surface area contributed by atoms with E-state index in [-0.39, 0.29) is 6.54 Å². The average molecular weight is 226 g/mol. The van der Waals surface area contributed by atoms with E-state index < -0.39 is 11.9 Å². The fourth-order valence-corrected chi connectivity index (χ4v) is 1.37. The SMILES string of the molecule is CC(C)CN(CC(N)=O)c1cc(F)ncn1. The first-order chi connectivity index (χ1) is 7.49. The number of anilines is 1. The van der Waals surface area contributed by atoms with Crippen LogP contribution in [-0.2, 0) is 4.79 Å². The normalized spacial score (nSPS) is 10.5. The molecule has 0 aliphatic rings. The van der Waals surface area contributed by atoms with E-state index in [1.807, 2.05) is 13.8 Å². The highest BCUT2D eigenvalue weighted by molar-refractivity contribution is 5.79. The first-order valence-electron chi connectivity index (χ1n) is 5.00. The Balaban J connectivity index is 2.86. The number of nitrogens with two attached hydrogens (primary N) is 1. The van der Waals surface area contributed by atoms with E-state index in [1.54, 1.807) is 4.90 Å². The highest BCUT2D eigenvalue weighted by atomic mass is 19.1. The maximum atomic E-state index is 12.9. The summed E-state index contributed by atoms with van der Waals surface area (Å²) < 4.78 is 12.9. The summed E-state index contributed by atoms with van der Waals surface area (Å²) in [4.78, 5) is 19.8. The topological polar surface area (TPSA) is 72.1 Å². The van der Waals surface area contributed by atoms with Crippen LogP contribution in [0.25, 0.3) is 0 Å². The van der Waals surface area contributed by atoms with Crippen molar-refractivity contribution in [3.05, 3.63) is 18.3 Å². The third-order valence-electron chi connectivity index (χ3n) is 1.88. The van der Waals surface area contributed by atoms with Gasteiger partial charge in [0.05, 0.1) is 6.54 Å². The van der Waals surface area contributed by atoms with Crippen molar-refractivity contribution in [2.45, 2.75) is 13.8 Å². The lowest BCUT2D eigenvalue weighted by Gasteiger charge is -2.23. The Morgan fingerprint density at radius 1 is 1.56 bits per heavy atom. The monoisotopic (exact) mass is 226 g/mol. The molecule has 0 atom stereocenters. The summed E-state index contributed by atoms with van der Waals surface area (Å²) in [6.07, 6.45) is 1.12. The summed E-state index contributed by atoms with van der Waals surface area (Å²) in [6.45, 7) is 4.59. The van der Waals surface area contributed by atoms with Crippen LogP contribution in [0.4, 0.5) is 10.2 Å². The largest absolute Gasteiger partial charge is 0.368 e. The number of hydrogen-bond donors (Lipinski definition) is 1. The van der Waals surface area contributed by atoms with Crippen molar-refractivity contribution in [2.75, 3.05) is 18.0 Å². The second-order valence-electron chi connectivity index (χ2n) is 3.94. The molecule has 0 spiro atoms. The number of nitrogens with zero attached hydrogens (tertiary/aromatic N) is 3. The minimum atomic E-state index is -0.622. The van der Waals surface area contributed by atoms with Crippen molar-refractivity contribution >= 4 is 11.7 Å². The molecule has 1 aromatic rings. The van der Waals surface area contributed by atoms with Gasteiger partial charge in [-0.25, -0.2) is 9.97 Å². The van der Waals surface area contributed by atoms with Gasteiger partial charge < -0.3 is 10.6 Å². The van der Waals surface area contributed by atoms with Crippen molar-refractivity contribution in [3.8, 4) is 0 Å². The van der Waals surface area contributed by atoms with Gasteiger partial charge in [0.25, 0.3) is 0 Å². The zero-order valence-corrected chi connectivity index (χ0v) is 9.35. The lowest BCUT2D eigenvalue weighted by Crippen LogP contribution is -2.36. The summed E-state index contributed by atoms with van der Waals surface area (Å²) in [7, 11) is 0. The number of primary amides is 1. The molecule has 0 aliphatic heterocycles. The van der Waals surface area contributed by atoms with Crippen LogP contribution >= 0.6 is 0 Å². The molecule has 0 bridgehead atoms. The van der Waals surface area contributed by atoms with Crippen molar-refractivity contribution in [1.82, 2.24) is 9.97 Å². The lowest BCUT2D eigenvalue weighted by atomic mass is 10.2. The molecule has 0 aromatic carbocycles. The van der Waals surface area contributed by atoms with Gasteiger partial charge in [-0.15, -0.1) is 0 Å². The predicted molar refractivity (Wildman–Crippen MR) is 58.2 cm³/mol. The summed E-state index contributed by atoms with van der Waals surface area (Å²) in [5.74, 6) is -0.403. The number of carbonyl (C=O) groups is 1. The fourth-order valence-electron chi connectivity index (χ4n) is 1.37. The van der Waals surface area contributed by atoms with Gasteiger partial charge in [0.1, 0.15) is 12.1 Å². The van der Waals surface area contributed by atoms with Crippen LogP contribution in [0, 0.1) is 11.9 Å². The summed E-state index contributed by atoms with van der Waals surface area (Å²) in [5.41, 5.74) is 5.13. The molecule has 1 aromatic heterocycles. The first kappa shape index (κ1) is 12.4. The van der Waals surface area contributed by atoms with Crippen LogP contribution in [0.15, 0.2) is 12.4 Å². The number of rotatable bonds is 5. The van der Waals surface area contributed by atoms with Crippen LogP contribution in [0.3, 0.4) is 0 Å². The molecular formula is C10H15FN4O. The Morgan fingerprint density at radius 2 is 2.25 bits per heavy atom. The van der Waals surface area contributed by atoms with Gasteiger partial charge in [0.2, 0.25) is 11.9 Å². The van der Waals surface area contributed by atoms with Gasteiger partial charge in [-0.1, -0.05) is 13.8 Å². The summed E-state index contributed by atoms with van der Waals surface area (Å²) >= 11 is 0. The van der Waals surface area contributed by atoms with E-state index in [1.165, 1.54) is 6.07 Å². The Morgan fingerprint density at radius 3 is 2.75 bits per heavy atom. The van der Waals surface area contributed by atoms with E-state index in [9.17, 15) is 9.18 Å². The quantitative estimate of drug-likeness (QED) is 0.745. The molecule has 2 N–H and O–H groups in total. The number of aromatic nitrogens is 2. The van der Waals surface area contributed by atoms with Gasteiger partial charge in [-0.05, 0) is 5.92 Å². The molecule has 5 nitrogen and oxygen atoms in total. The van der Waals surface area contributed by atoms with E-state index in [2.05, 4.69) is 9.97 Å². The Hall–Kier alpha value is -1.72. The van der Waals surface area contributed by atoms with Crippen LogP contribution in [-0.4, -0.2) is 29.0 Å². The Labute approximate surface area is 93.5 Å². The van der Waals surface area contributed by atoms with Crippen molar-refractivity contribution in [1.29, 1.82) is 0 Å². The van der Waals surface area contributed by atoms with Crippen LogP contribution in [0.1, 0.15) is 13.8 Å². The zero-order chi connectivity index (χ0) is 12.1. The maximum Gasteiger partial charge on any atom is 0.236 e. The van der Waals surface area contributed by atoms with Crippen molar-refractivity contribution in [3.63, 3.8) is 0 Å². The summed E-state index contributed by atoms with van der Waals surface area (Å²) in [6, 6.07) is 1.19. The molecule has 0 radical (unpaired) electrons. The maximum absolute atomic E-state index is 12.9. The molecule has 0 unspecified atom stereocenters. The number of hydrogen-bond acceptors (Lipinski definition) is 4. The average Bonchev–Trinajstić information content (AvgIpc) is 2.15. The van der Waals surface area contributed by atoms with Crippen molar-refractivity contribution < 1.29 is 9.18 Å². The van der Waals surface area contributed by atoms with Gasteiger partial charge >= 0.3 is 0 Å². The van der Waals surface area contributed by atoms with Gasteiger partial charge in [-0.3, -0.25) is 4.79 Å². The number of amides is 1. The first-order valence-corrected chi connectivity index (χ1v) is 5.00. The lowest BCUT2D eigenvalue weighted by molar-refractivity contribution is -0.116. The molecular weight excluding hydrogens is 211 g/mol. The van der Waals surface area contributed by atoms with Crippen LogP contribution in [0.2, 0.25) is 0 Å². The third-order valence-corrected chi connectivity index (χ3v) is 1.88. The molecule has 16 heavy (non-hydrogen) atoms. The third kappa shape index (κ3) is 3.80. The van der Waals surface area contributed by atoms with Crippen LogP contribution < -0.4 is 10.6 Å². The Bertz CT molecular complexity index is 370. The molecule has 0 aliphatic carbocycles. The van der Waals surface area contributed by atoms with Gasteiger partial charge in [0, 0.05) is 12.6 Å².